The van der Waals surface area contributed by atoms with Crippen LogP contribution in [0.3, 0.4) is 0 Å². The van der Waals surface area contributed by atoms with Crippen LogP contribution in [0.2, 0.25) is 0 Å². The lowest BCUT2D eigenvalue weighted by Crippen LogP contribution is -2.46. The first-order valence-corrected chi connectivity index (χ1v) is 9.72. The number of nitrogens with one attached hydrogen (secondary N) is 2. The van der Waals surface area contributed by atoms with Crippen molar-refractivity contribution < 1.29 is 8.42 Å². The first kappa shape index (κ1) is 16.7. The van der Waals surface area contributed by atoms with Crippen molar-refractivity contribution in [2.24, 2.45) is 0 Å². The molecule has 1 aliphatic rings. The zero-order valence-electron chi connectivity index (χ0n) is 13.9. The van der Waals surface area contributed by atoms with Gasteiger partial charge in [-0.05, 0) is 30.3 Å². The molecule has 0 saturated carbocycles. The number of H-pyrrole nitrogens is 1. The Morgan fingerprint density at radius 1 is 1.15 bits per heavy atom. The molecular weight excluding hydrogens is 350 g/mol. The fourth-order valence-electron chi connectivity index (χ4n) is 3.14. The smallest absolute Gasteiger partial charge is 0.260 e. The molecule has 7 nitrogen and oxygen atoms in total. The van der Waals surface area contributed by atoms with E-state index in [-0.39, 0.29) is 5.03 Å². The molecule has 132 valence electrons. The van der Waals surface area contributed by atoms with Crippen LogP contribution in [0.1, 0.15) is 5.56 Å². The minimum Gasteiger partial charge on any atom is -0.361 e. The molecule has 0 bridgehead atoms. The molecule has 3 aromatic rings. The second-order valence-corrected chi connectivity index (χ2v) is 8.00. The zero-order chi connectivity index (χ0) is 18.1. The summed E-state index contributed by atoms with van der Waals surface area (Å²) in [6.07, 6.45) is 3.41. The number of nitriles is 1. The molecule has 4 rings (SSSR count). The Balaban J connectivity index is 1.69. The molecule has 1 saturated heterocycles. The number of rotatable bonds is 3. The summed E-state index contributed by atoms with van der Waals surface area (Å²) in [6, 6.07) is 10.8. The Bertz CT molecular complexity index is 1090. The largest absolute Gasteiger partial charge is 0.361 e. The molecule has 0 radical (unpaired) electrons. The number of hydrogen-bond acceptors (Lipinski definition) is 5. The fraction of sp³-hybridized carbons (Fsp3) is 0.222. The quantitative estimate of drug-likeness (QED) is 0.733. The number of sulfonamides is 1. The van der Waals surface area contributed by atoms with E-state index in [0.717, 1.165) is 22.0 Å². The predicted octanol–water partition coefficient (Wildman–Crippen LogP) is 1.70. The lowest BCUT2D eigenvalue weighted by Gasteiger charge is -2.26. The third-order valence-corrected chi connectivity index (χ3v) is 6.35. The first-order valence-electron chi connectivity index (χ1n) is 8.28. The minimum atomic E-state index is -3.57. The van der Waals surface area contributed by atoms with Gasteiger partial charge in [-0.3, -0.25) is 0 Å². The van der Waals surface area contributed by atoms with E-state index in [2.05, 4.69) is 21.4 Å². The molecule has 3 heterocycles. The van der Waals surface area contributed by atoms with Crippen molar-refractivity contribution in [1.82, 2.24) is 19.6 Å². The average molecular weight is 367 g/mol. The molecule has 0 aliphatic carbocycles. The average Bonchev–Trinajstić information content (AvgIpc) is 3.12. The number of aromatic amines is 1. The minimum absolute atomic E-state index is 0.0562. The summed E-state index contributed by atoms with van der Waals surface area (Å²) in [6.45, 7) is 2.19. The molecule has 26 heavy (non-hydrogen) atoms. The number of piperazine rings is 1. The van der Waals surface area contributed by atoms with E-state index in [9.17, 15) is 8.42 Å². The summed E-state index contributed by atoms with van der Waals surface area (Å²) in [5.41, 5.74) is 3.17. The van der Waals surface area contributed by atoms with Crippen LogP contribution in [0, 0.1) is 11.3 Å². The van der Waals surface area contributed by atoms with Crippen LogP contribution in [0.5, 0.6) is 0 Å². The zero-order valence-corrected chi connectivity index (χ0v) is 14.8. The molecule has 0 atom stereocenters. The summed E-state index contributed by atoms with van der Waals surface area (Å²) in [7, 11) is -3.57. The van der Waals surface area contributed by atoms with Crippen LogP contribution in [-0.2, 0) is 10.0 Å². The second-order valence-electron chi connectivity index (χ2n) is 6.11. The summed E-state index contributed by atoms with van der Waals surface area (Å²) in [4.78, 5) is 7.37. The van der Waals surface area contributed by atoms with Gasteiger partial charge in [0.05, 0.1) is 11.6 Å². The van der Waals surface area contributed by atoms with Crippen molar-refractivity contribution in [2.45, 2.75) is 5.03 Å². The number of aromatic nitrogens is 2. The maximum atomic E-state index is 12.7. The van der Waals surface area contributed by atoms with E-state index >= 15 is 0 Å². The Morgan fingerprint density at radius 3 is 2.65 bits per heavy atom. The summed E-state index contributed by atoms with van der Waals surface area (Å²) < 4.78 is 26.8. The van der Waals surface area contributed by atoms with Gasteiger partial charge in [0, 0.05) is 60.6 Å². The van der Waals surface area contributed by atoms with Gasteiger partial charge in [0.15, 0.2) is 5.03 Å². The fourth-order valence-corrected chi connectivity index (χ4v) is 4.49. The molecule has 0 spiro atoms. The highest BCUT2D eigenvalue weighted by molar-refractivity contribution is 7.89. The Morgan fingerprint density at radius 2 is 1.96 bits per heavy atom. The highest BCUT2D eigenvalue weighted by Crippen LogP contribution is 2.29. The molecule has 0 amide bonds. The lowest BCUT2D eigenvalue weighted by atomic mass is 10.1. The van der Waals surface area contributed by atoms with Gasteiger partial charge in [-0.15, -0.1) is 0 Å². The van der Waals surface area contributed by atoms with Crippen LogP contribution in [0.4, 0.5) is 0 Å². The number of benzene rings is 1. The normalized spacial score (nSPS) is 15.8. The summed E-state index contributed by atoms with van der Waals surface area (Å²) in [5.74, 6) is 0. The van der Waals surface area contributed by atoms with E-state index in [1.165, 1.54) is 4.31 Å². The lowest BCUT2D eigenvalue weighted by molar-refractivity contribution is 0.359. The SMILES string of the molecule is N#Cc1ccc2[nH]cc(-c3ccc(S(=O)(=O)N4CCNCC4)nc3)c2c1. The molecule has 8 heteroatoms. The van der Waals surface area contributed by atoms with Crippen LogP contribution in [0.25, 0.3) is 22.0 Å². The van der Waals surface area contributed by atoms with Crippen LogP contribution in [-0.4, -0.2) is 48.9 Å². The third-order valence-electron chi connectivity index (χ3n) is 4.54. The van der Waals surface area contributed by atoms with Gasteiger partial charge in [-0.25, -0.2) is 13.4 Å². The first-order chi connectivity index (χ1) is 12.6. The Labute approximate surface area is 151 Å². The Kier molecular flexibility index (Phi) is 4.20. The molecule has 2 N–H and O–H groups in total. The van der Waals surface area contributed by atoms with Gasteiger partial charge in [0.2, 0.25) is 0 Å². The maximum absolute atomic E-state index is 12.7. The van der Waals surface area contributed by atoms with Crippen LogP contribution < -0.4 is 5.32 Å². The van der Waals surface area contributed by atoms with Crippen molar-refractivity contribution in [3.05, 3.63) is 48.3 Å². The maximum Gasteiger partial charge on any atom is 0.260 e. The number of pyridine rings is 1. The van der Waals surface area contributed by atoms with Crippen molar-refractivity contribution >= 4 is 20.9 Å². The Hall–Kier alpha value is -2.73. The van der Waals surface area contributed by atoms with Gasteiger partial charge < -0.3 is 10.3 Å². The number of hydrogen-bond donors (Lipinski definition) is 2. The van der Waals surface area contributed by atoms with Crippen molar-refractivity contribution in [2.75, 3.05) is 26.2 Å². The van der Waals surface area contributed by atoms with Crippen LogP contribution >= 0.6 is 0 Å². The van der Waals surface area contributed by atoms with E-state index in [4.69, 9.17) is 5.26 Å². The second kappa shape index (κ2) is 6.53. The van der Waals surface area contributed by atoms with Gasteiger partial charge in [0.1, 0.15) is 0 Å². The van der Waals surface area contributed by atoms with Crippen molar-refractivity contribution in [3.63, 3.8) is 0 Å². The van der Waals surface area contributed by atoms with E-state index in [1.54, 1.807) is 24.4 Å². The number of fused-ring (bicyclic) bond motifs is 1. The van der Waals surface area contributed by atoms with Gasteiger partial charge >= 0.3 is 0 Å². The molecule has 1 fully saturated rings. The molecule has 1 aromatic carbocycles. The summed E-state index contributed by atoms with van der Waals surface area (Å²) in [5, 5.41) is 13.2. The molecule has 2 aromatic heterocycles. The topological polar surface area (TPSA) is 102 Å². The van der Waals surface area contributed by atoms with Gasteiger partial charge in [-0.2, -0.15) is 9.57 Å². The van der Waals surface area contributed by atoms with Crippen molar-refractivity contribution in [3.8, 4) is 17.2 Å². The van der Waals surface area contributed by atoms with Gasteiger partial charge in [-0.1, -0.05) is 0 Å². The molecule has 0 unspecified atom stereocenters. The predicted molar refractivity (Wildman–Crippen MR) is 97.9 cm³/mol. The highest BCUT2D eigenvalue weighted by atomic mass is 32.2. The molecule has 1 aliphatic heterocycles. The van der Waals surface area contributed by atoms with Crippen molar-refractivity contribution in [1.29, 1.82) is 5.26 Å². The molecular formula is C18H17N5O2S. The van der Waals surface area contributed by atoms with E-state index < -0.39 is 10.0 Å². The van der Waals surface area contributed by atoms with E-state index in [1.807, 2.05) is 18.3 Å². The third kappa shape index (κ3) is 2.86. The van der Waals surface area contributed by atoms with E-state index in [0.29, 0.717) is 31.7 Å². The number of nitrogens with zero attached hydrogens (tertiary/aromatic N) is 3. The standard InChI is InChI=1S/C18H17N5O2S/c19-10-13-1-3-17-15(9-13)16(12-21-17)14-2-4-18(22-11-14)26(24,25)23-7-5-20-6-8-23/h1-4,9,11-12,20-21H,5-8H2. The highest BCUT2D eigenvalue weighted by Gasteiger charge is 2.27. The van der Waals surface area contributed by atoms with Gasteiger partial charge in [0.25, 0.3) is 10.0 Å². The summed E-state index contributed by atoms with van der Waals surface area (Å²) >= 11 is 0. The van der Waals surface area contributed by atoms with Crippen LogP contribution in [0.15, 0.2) is 47.8 Å². The monoisotopic (exact) mass is 367 g/mol.